The van der Waals surface area contributed by atoms with Gasteiger partial charge in [0.05, 0.1) is 23.9 Å². The van der Waals surface area contributed by atoms with Crippen molar-refractivity contribution in [3.8, 4) is 0 Å². The van der Waals surface area contributed by atoms with Crippen LogP contribution in [0.3, 0.4) is 0 Å². The van der Waals surface area contributed by atoms with Crippen molar-refractivity contribution in [2.24, 2.45) is 0 Å². The fourth-order valence-corrected chi connectivity index (χ4v) is 3.84. The Morgan fingerprint density at radius 1 is 0.938 bits per heavy atom. The highest BCUT2D eigenvalue weighted by atomic mass is 19.4. The molecule has 0 radical (unpaired) electrons. The summed E-state index contributed by atoms with van der Waals surface area (Å²) in [4.78, 5) is 24.5. The van der Waals surface area contributed by atoms with Gasteiger partial charge < -0.3 is 15.1 Å². The van der Waals surface area contributed by atoms with E-state index in [1.807, 2.05) is 18.2 Å². The predicted molar refractivity (Wildman–Crippen MR) is 114 cm³/mol. The Balaban J connectivity index is 1.49. The number of hydrogen-bond donors (Lipinski definition) is 2. The molecule has 0 saturated heterocycles. The molecule has 5 nitrogen and oxygen atoms in total. The average molecular weight is 442 g/mol. The molecule has 1 aliphatic carbocycles. The Labute approximate surface area is 182 Å². The lowest BCUT2D eigenvalue weighted by Crippen LogP contribution is -2.19. The summed E-state index contributed by atoms with van der Waals surface area (Å²) in [6.07, 6.45) is 0.748. The SMILES string of the molecule is O=C(Cc1ccc2c(c1)CCCC2)Nc1ccc(NC(=O)c2ccco2)cc1C(F)(F)F. The van der Waals surface area contributed by atoms with E-state index in [0.29, 0.717) is 0 Å². The van der Waals surface area contributed by atoms with Gasteiger partial charge in [0.1, 0.15) is 0 Å². The first-order chi connectivity index (χ1) is 15.3. The first kappa shape index (κ1) is 21.7. The average Bonchev–Trinajstić information content (AvgIpc) is 3.29. The van der Waals surface area contributed by atoms with Crippen LogP contribution in [-0.4, -0.2) is 11.8 Å². The number of fused-ring (bicyclic) bond motifs is 1. The highest BCUT2D eigenvalue weighted by Crippen LogP contribution is 2.37. The largest absolute Gasteiger partial charge is 0.459 e. The van der Waals surface area contributed by atoms with Gasteiger partial charge in [0.15, 0.2) is 5.76 Å². The number of carbonyl (C=O) groups excluding carboxylic acids is 2. The molecule has 2 aromatic carbocycles. The van der Waals surface area contributed by atoms with Gasteiger partial charge in [0, 0.05) is 5.69 Å². The molecule has 0 aliphatic heterocycles. The van der Waals surface area contributed by atoms with Gasteiger partial charge in [-0.3, -0.25) is 9.59 Å². The minimum Gasteiger partial charge on any atom is -0.459 e. The number of anilines is 2. The van der Waals surface area contributed by atoms with Crippen molar-refractivity contribution in [1.82, 2.24) is 0 Å². The van der Waals surface area contributed by atoms with Crippen LogP contribution >= 0.6 is 0 Å². The number of alkyl halides is 3. The molecule has 166 valence electrons. The van der Waals surface area contributed by atoms with Crippen molar-refractivity contribution in [3.63, 3.8) is 0 Å². The third-order valence-corrected chi connectivity index (χ3v) is 5.38. The van der Waals surface area contributed by atoms with Crippen molar-refractivity contribution in [1.29, 1.82) is 0 Å². The maximum absolute atomic E-state index is 13.6. The second kappa shape index (κ2) is 8.90. The zero-order valence-electron chi connectivity index (χ0n) is 17.1. The number of aryl methyl sites for hydroxylation is 2. The van der Waals surface area contributed by atoms with E-state index in [0.717, 1.165) is 43.4 Å². The van der Waals surface area contributed by atoms with E-state index in [-0.39, 0.29) is 23.6 Å². The van der Waals surface area contributed by atoms with E-state index in [4.69, 9.17) is 4.42 Å². The summed E-state index contributed by atoms with van der Waals surface area (Å²) in [5.41, 5.74) is 1.76. The highest BCUT2D eigenvalue weighted by molar-refractivity contribution is 6.02. The van der Waals surface area contributed by atoms with Crippen molar-refractivity contribution in [3.05, 3.63) is 82.8 Å². The Kier molecular flexibility index (Phi) is 6.03. The zero-order valence-corrected chi connectivity index (χ0v) is 17.1. The van der Waals surface area contributed by atoms with Crippen molar-refractivity contribution < 1.29 is 27.2 Å². The monoisotopic (exact) mass is 442 g/mol. The summed E-state index contributed by atoms with van der Waals surface area (Å²) < 4.78 is 45.8. The van der Waals surface area contributed by atoms with E-state index < -0.39 is 23.6 Å². The first-order valence-corrected chi connectivity index (χ1v) is 10.3. The minimum atomic E-state index is -4.72. The summed E-state index contributed by atoms with van der Waals surface area (Å²) in [5.74, 6) is -1.24. The number of rotatable bonds is 5. The van der Waals surface area contributed by atoms with E-state index in [1.54, 1.807) is 0 Å². The Hall–Kier alpha value is -3.55. The first-order valence-electron chi connectivity index (χ1n) is 10.3. The van der Waals surface area contributed by atoms with Gasteiger partial charge in [-0.2, -0.15) is 13.2 Å². The molecule has 0 atom stereocenters. The molecule has 0 bridgehead atoms. The van der Waals surface area contributed by atoms with Crippen LogP contribution in [0.1, 0.15) is 45.7 Å². The van der Waals surface area contributed by atoms with E-state index in [1.165, 1.54) is 35.6 Å². The molecule has 2 N–H and O–H groups in total. The maximum atomic E-state index is 13.6. The van der Waals surface area contributed by atoms with Gasteiger partial charge in [0.2, 0.25) is 5.91 Å². The summed E-state index contributed by atoms with van der Waals surface area (Å²) in [7, 11) is 0. The Morgan fingerprint density at radius 3 is 2.44 bits per heavy atom. The van der Waals surface area contributed by atoms with Crippen LogP contribution in [0.25, 0.3) is 0 Å². The molecule has 0 fully saturated rings. The fourth-order valence-electron chi connectivity index (χ4n) is 3.84. The number of amides is 2. The fraction of sp³-hybridized carbons (Fsp3) is 0.250. The number of halogens is 3. The van der Waals surface area contributed by atoms with Crippen LogP contribution in [-0.2, 0) is 30.2 Å². The summed E-state index contributed by atoms with van der Waals surface area (Å²) in [6, 6.07) is 11.9. The quantitative estimate of drug-likeness (QED) is 0.540. The Bertz CT molecular complexity index is 1140. The molecule has 1 heterocycles. The summed E-state index contributed by atoms with van der Waals surface area (Å²) in [6.45, 7) is 0. The van der Waals surface area contributed by atoms with E-state index in [2.05, 4.69) is 10.6 Å². The van der Waals surface area contributed by atoms with E-state index in [9.17, 15) is 22.8 Å². The lowest BCUT2D eigenvalue weighted by Gasteiger charge is -2.17. The van der Waals surface area contributed by atoms with Gasteiger partial charge in [-0.15, -0.1) is 0 Å². The third kappa shape index (κ3) is 5.01. The predicted octanol–water partition coefficient (Wildman–Crippen LogP) is 5.61. The molecule has 1 aliphatic rings. The highest BCUT2D eigenvalue weighted by Gasteiger charge is 2.34. The summed E-state index contributed by atoms with van der Waals surface area (Å²) >= 11 is 0. The topological polar surface area (TPSA) is 71.3 Å². The van der Waals surface area contributed by atoms with Crippen LogP contribution in [0.2, 0.25) is 0 Å². The second-order valence-corrected chi connectivity index (χ2v) is 7.72. The molecule has 8 heteroatoms. The maximum Gasteiger partial charge on any atom is 0.418 e. The van der Waals surface area contributed by atoms with Crippen LogP contribution in [0.5, 0.6) is 0 Å². The van der Waals surface area contributed by atoms with Gasteiger partial charge in [-0.05, 0) is 72.7 Å². The normalized spacial score (nSPS) is 13.3. The van der Waals surface area contributed by atoms with Crippen LogP contribution in [0, 0.1) is 0 Å². The molecule has 32 heavy (non-hydrogen) atoms. The molecular formula is C24H21F3N2O3. The molecule has 0 spiro atoms. The van der Waals surface area contributed by atoms with Crippen molar-refractivity contribution in [2.45, 2.75) is 38.3 Å². The van der Waals surface area contributed by atoms with Gasteiger partial charge in [-0.25, -0.2) is 0 Å². The van der Waals surface area contributed by atoms with Gasteiger partial charge in [0.25, 0.3) is 5.91 Å². The van der Waals surface area contributed by atoms with Crippen LogP contribution < -0.4 is 10.6 Å². The molecule has 0 unspecified atom stereocenters. The lowest BCUT2D eigenvalue weighted by molar-refractivity contribution is -0.136. The molecule has 4 rings (SSSR count). The molecule has 1 aromatic heterocycles. The van der Waals surface area contributed by atoms with Crippen molar-refractivity contribution in [2.75, 3.05) is 10.6 Å². The van der Waals surface area contributed by atoms with Crippen molar-refractivity contribution >= 4 is 23.2 Å². The summed E-state index contributed by atoms with van der Waals surface area (Å²) in [5, 5.41) is 4.72. The van der Waals surface area contributed by atoms with Crippen LogP contribution in [0.4, 0.5) is 24.5 Å². The molecular weight excluding hydrogens is 421 g/mol. The molecule has 2 amide bonds. The van der Waals surface area contributed by atoms with E-state index >= 15 is 0 Å². The lowest BCUT2D eigenvalue weighted by atomic mass is 9.90. The standard InChI is InChI=1S/C24H21F3N2O3/c25-24(26,27)19-14-18(28-23(31)21-6-3-11-32-21)9-10-20(19)29-22(30)13-15-7-8-16-4-1-2-5-17(16)12-15/h3,6-12,14H,1-2,4-5,13H2,(H,28,31)(H,29,30). The number of nitrogens with one attached hydrogen (secondary N) is 2. The Morgan fingerprint density at radius 2 is 1.72 bits per heavy atom. The third-order valence-electron chi connectivity index (χ3n) is 5.38. The number of hydrogen-bond acceptors (Lipinski definition) is 3. The molecule has 3 aromatic rings. The number of furan rings is 1. The second-order valence-electron chi connectivity index (χ2n) is 7.72. The van der Waals surface area contributed by atoms with Gasteiger partial charge in [-0.1, -0.05) is 18.2 Å². The van der Waals surface area contributed by atoms with Crippen LogP contribution in [0.15, 0.2) is 59.2 Å². The minimum absolute atomic E-state index is 0.0262. The number of carbonyl (C=O) groups is 2. The molecule has 0 saturated carbocycles. The smallest absolute Gasteiger partial charge is 0.418 e. The number of benzene rings is 2. The zero-order chi connectivity index (χ0) is 22.7. The van der Waals surface area contributed by atoms with Gasteiger partial charge >= 0.3 is 6.18 Å².